The Morgan fingerprint density at radius 2 is 1.81 bits per heavy atom. The van der Waals surface area contributed by atoms with Crippen LogP contribution in [0.3, 0.4) is 0 Å². The molecule has 0 fully saturated rings. The molecule has 0 spiro atoms. The maximum absolute atomic E-state index is 4.19. The van der Waals surface area contributed by atoms with Gasteiger partial charge in [-0.05, 0) is 11.1 Å². The van der Waals surface area contributed by atoms with Crippen LogP contribution >= 0.6 is 0 Å². The lowest BCUT2D eigenvalue weighted by atomic mass is 10.1. The number of rotatable bonds is 4. The highest BCUT2D eigenvalue weighted by molar-refractivity contribution is 6.09. The van der Waals surface area contributed by atoms with E-state index in [4.69, 9.17) is 0 Å². The molecule has 0 saturated heterocycles. The standard InChI is InChI=1S/C17H14N4/c1-13(14-7-3-2-4-8-14)11-18-20-17-16-10-6-5-9-15(16)12-19-21-17/h2-12H,1H2,(H,20,21)/b18-11-. The third-order valence-electron chi connectivity index (χ3n) is 3.11. The number of hydrogen-bond donors (Lipinski definition) is 1. The molecule has 0 aliphatic carbocycles. The van der Waals surface area contributed by atoms with Crippen LogP contribution in [0.2, 0.25) is 0 Å². The summed E-state index contributed by atoms with van der Waals surface area (Å²) in [5.41, 5.74) is 4.79. The van der Waals surface area contributed by atoms with Crippen molar-refractivity contribution in [2.45, 2.75) is 0 Å². The average Bonchev–Trinajstić information content (AvgIpc) is 2.56. The van der Waals surface area contributed by atoms with Crippen LogP contribution < -0.4 is 5.43 Å². The second-order valence-corrected chi connectivity index (χ2v) is 4.54. The van der Waals surface area contributed by atoms with Crippen molar-refractivity contribution in [1.82, 2.24) is 10.2 Å². The molecule has 0 atom stereocenters. The molecule has 1 aromatic heterocycles. The zero-order chi connectivity index (χ0) is 14.5. The Bertz CT molecular complexity index is 789. The SMILES string of the molecule is C=C(/C=N\Nc1nncc2ccccc12)c1ccccc1. The number of hydrogen-bond acceptors (Lipinski definition) is 4. The lowest BCUT2D eigenvalue weighted by Crippen LogP contribution is -1.96. The minimum absolute atomic E-state index is 0.630. The molecular formula is C17H14N4. The van der Waals surface area contributed by atoms with Gasteiger partial charge in [-0.25, -0.2) is 0 Å². The molecule has 2 aromatic carbocycles. The van der Waals surface area contributed by atoms with Crippen molar-refractivity contribution in [3.63, 3.8) is 0 Å². The van der Waals surface area contributed by atoms with Gasteiger partial charge >= 0.3 is 0 Å². The summed E-state index contributed by atoms with van der Waals surface area (Å²) in [5, 5.41) is 14.2. The van der Waals surface area contributed by atoms with Crippen LogP contribution in [0.4, 0.5) is 5.82 Å². The van der Waals surface area contributed by atoms with E-state index in [0.717, 1.165) is 21.9 Å². The monoisotopic (exact) mass is 274 g/mol. The molecule has 4 heteroatoms. The van der Waals surface area contributed by atoms with Gasteiger partial charge in [-0.15, -0.1) is 5.10 Å². The molecule has 0 amide bonds. The summed E-state index contributed by atoms with van der Waals surface area (Å²) < 4.78 is 0. The first-order valence-corrected chi connectivity index (χ1v) is 6.58. The van der Waals surface area contributed by atoms with Gasteiger partial charge < -0.3 is 0 Å². The second kappa shape index (κ2) is 5.96. The molecule has 3 rings (SSSR count). The van der Waals surface area contributed by atoms with E-state index in [9.17, 15) is 0 Å². The van der Waals surface area contributed by atoms with E-state index in [-0.39, 0.29) is 0 Å². The van der Waals surface area contributed by atoms with Crippen molar-refractivity contribution < 1.29 is 0 Å². The summed E-state index contributed by atoms with van der Waals surface area (Å²) in [4.78, 5) is 0. The zero-order valence-corrected chi connectivity index (χ0v) is 11.4. The number of hydrazone groups is 1. The Morgan fingerprint density at radius 3 is 2.67 bits per heavy atom. The summed E-state index contributed by atoms with van der Waals surface area (Å²) in [6.45, 7) is 3.99. The van der Waals surface area contributed by atoms with Gasteiger partial charge in [0, 0.05) is 10.8 Å². The van der Waals surface area contributed by atoms with Gasteiger partial charge in [-0.3, -0.25) is 5.43 Å². The largest absolute Gasteiger partial charge is 0.259 e. The highest BCUT2D eigenvalue weighted by Gasteiger charge is 2.01. The van der Waals surface area contributed by atoms with Crippen LogP contribution in [0, 0.1) is 0 Å². The first kappa shape index (κ1) is 13.0. The lowest BCUT2D eigenvalue weighted by molar-refractivity contribution is 1.04. The molecular weight excluding hydrogens is 260 g/mol. The highest BCUT2D eigenvalue weighted by atomic mass is 15.3. The van der Waals surface area contributed by atoms with Gasteiger partial charge in [-0.1, -0.05) is 61.2 Å². The number of anilines is 1. The second-order valence-electron chi connectivity index (χ2n) is 4.54. The molecule has 0 radical (unpaired) electrons. The topological polar surface area (TPSA) is 50.2 Å². The summed E-state index contributed by atoms with van der Waals surface area (Å²) >= 11 is 0. The molecule has 102 valence electrons. The van der Waals surface area contributed by atoms with E-state index in [0.29, 0.717) is 5.82 Å². The lowest BCUT2D eigenvalue weighted by Gasteiger charge is -2.03. The van der Waals surface area contributed by atoms with E-state index in [1.54, 1.807) is 12.4 Å². The minimum atomic E-state index is 0.630. The number of nitrogens with zero attached hydrogens (tertiary/aromatic N) is 3. The van der Waals surface area contributed by atoms with Gasteiger partial charge in [0.25, 0.3) is 0 Å². The molecule has 1 heterocycles. The molecule has 0 saturated carbocycles. The normalized spacial score (nSPS) is 10.9. The zero-order valence-electron chi connectivity index (χ0n) is 11.4. The number of benzene rings is 2. The van der Waals surface area contributed by atoms with Gasteiger partial charge in [-0.2, -0.15) is 10.2 Å². The van der Waals surface area contributed by atoms with Crippen molar-refractivity contribution in [2.24, 2.45) is 5.10 Å². The molecule has 0 aliphatic heterocycles. The number of aromatic nitrogens is 2. The Morgan fingerprint density at radius 1 is 1.05 bits per heavy atom. The third kappa shape index (κ3) is 2.95. The van der Waals surface area contributed by atoms with Crippen molar-refractivity contribution in [3.05, 3.63) is 72.9 Å². The van der Waals surface area contributed by atoms with Gasteiger partial charge in [0.05, 0.1) is 12.4 Å². The molecule has 0 unspecified atom stereocenters. The fourth-order valence-corrected chi connectivity index (χ4v) is 2.01. The molecule has 21 heavy (non-hydrogen) atoms. The van der Waals surface area contributed by atoms with E-state index in [2.05, 4.69) is 27.3 Å². The van der Waals surface area contributed by atoms with Crippen molar-refractivity contribution >= 4 is 28.4 Å². The Kier molecular flexibility index (Phi) is 3.69. The Balaban J connectivity index is 1.78. The van der Waals surface area contributed by atoms with Crippen LogP contribution in [-0.2, 0) is 0 Å². The van der Waals surface area contributed by atoms with Crippen LogP contribution in [0.1, 0.15) is 5.56 Å². The smallest absolute Gasteiger partial charge is 0.176 e. The fourth-order valence-electron chi connectivity index (χ4n) is 2.01. The molecule has 4 nitrogen and oxygen atoms in total. The predicted octanol–water partition coefficient (Wildman–Crippen LogP) is 3.74. The molecule has 0 bridgehead atoms. The van der Waals surface area contributed by atoms with E-state index < -0.39 is 0 Å². The van der Waals surface area contributed by atoms with Crippen LogP contribution in [0.15, 0.2) is 72.5 Å². The first-order valence-electron chi connectivity index (χ1n) is 6.58. The van der Waals surface area contributed by atoms with E-state index >= 15 is 0 Å². The fraction of sp³-hybridized carbons (Fsp3) is 0. The molecule has 1 N–H and O–H groups in total. The van der Waals surface area contributed by atoms with Gasteiger partial charge in [0.1, 0.15) is 0 Å². The molecule has 0 aliphatic rings. The Hall–Kier alpha value is -3.01. The van der Waals surface area contributed by atoms with Crippen LogP contribution in [0.25, 0.3) is 16.3 Å². The quantitative estimate of drug-likeness (QED) is 0.582. The number of allylic oxidation sites excluding steroid dienone is 1. The van der Waals surface area contributed by atoms with Gasteiger partial charge in [0.15, 0.2) is 5.82 Å². The first-order chi connectivity index (χ1) is 10.3. The average molecular weight is 274 g/mol. The summed E-state index contributed by atoms with van der Waals surface area (Å²) in [7, 11) is 0. The predicted molar refractivity (Wildman–Crippen MR) is 87.1 cm³/mol. The van der Waals surface area contributed by atoms with Crippen molar-refractivity contribution in [2.75, 3.05) is 5.43 Å². The van der Waals surface area contributed by atoms with E-state index in [1.165, 1.54) is 0 Å². The number of fused-ring (bicyclic) bond motifs is 1. The number of nitrogens with one attached hydrogen (secondary N) is 1. The maximum Gasteiger partial charge on any atom is 0.176 e. The molecule has 3 aromatic rings. The summed E-state index contributed by atoms with van der Waals surface area (Å²) in [6, 6.07) is 17.8. The summed E-state index contributed by atoms with van der Waals surface area (Å²) in [6.07, 6.45) is 3.41. The van der Waals surface area contributed by atoms with E-state index in [1.807, 2.05) is 54.6 Å². The summed E-state index contributed by atoms with van der Waals surface area (Å²) in [5.74, 6) is 0.630. The Labute approximate surface area is 122 Å². The van der Waals surface area contributed by atoms with Crippen LogP contribution in [-0.4, -0.2) is 16.4 Å². The minimum Gasteiger partial charge on any atom is -0.259 e. The van der Waals surface area contributed by atoms with Gasteiger partial charge in [0.2, 0.25) is 0 Å². The highest BCUT2D eigenvalue weighted by Crippen LogP contribution is 2.19. The van der Waals surface area contributed by atoms with Crippen molar-refractivity contribution in [1.29, 1.82) is 0 Å². The maximum atomic E-state index is 4.19. The van der Waals surface area contributed by atoms with Crippen LogP contribution in [0.5, 0.6) is 0 Å². The van der Waals surface area contributed by atoms with Crippen molar-refractivity contribution in [3.8, 4) is 0 Å². The third-order valence-corrected chi connectivity index (χ3v) is 3.11.